The fourth-order valence-electron chi connectivity index (χ4n) is 2.17. The van der Waals surface area contributed by atoms with Crippen molar-refractivity contribution < 1.29 is 13.2 Å². The van der Waals surface area contributed by atoms with E-state index in [-0.39, 0.29) is 17.0 Å². The van der Waals surface area contributed by atoms with Crippen molar-refractivity contribution in [1.29, 1.82) is 5.26 Å². The molecule has 1 aromatic carbocycles. The third-order valence-electron chi connectivity index (χ3n) is 3.28. The average Bonchev–Trinajstić information content (AvgIpc) is 2.73. The summed E-state index contributed by atoms with van der Waals surface area (Å²) in [4.78, 5) is 0.214. The van der Waals surface area contributed by atoms with Gasteiger partial charge in [0.2, 0.25) is 10.0 Å². The molecule has 0 saturated carbocycles. The minimum absolute atomic E-state index is 0.117. The van der Waals surface area contributed by atoms with E-state index < -0.39 is 10.0 Å². The first kappa shape index (κ1) is 14.0. The number of nitrogens with one attached hydrogen (secondary N) is 1. The van der Waals surface area contributed by atoms with Crippen molar-refractivity contribution in [2.24, 2.45) is 0 Å². The van der Waals surface area contributed by atoms with Crippen LogP contribution in [0.25, 0.3) is 0 Å². The highest BCUT2D eigenvalue weighted by Crippen LogP contribution is 2.20. The van der Waals surface area contributed by atoms with Gasteiger partial charge in [0, 0.05) is 6.61 Å². The summed E-state index contributed by atoms with van der Waals surface area (Å²) >= 11 is 0. The topological polar surface area (TPSA) is 79.2 Å². The Balaban J connectivity index is 2.27. The summed E-state index contributed by atoms with van der Waals surface area (Å²) in [5, 5.41) is 8.79. The maximum Gasteiger partial charge on any atom is 0.241 e. The predicted octanol–water partition coefficient (Wildman–Crippen LogP) is 1.32. The molecule has 1 fully saturated rings. The number of hydrogen-bond acceptors (Lipinski definition) is 4. The number of sulfonamides is 1. The van der Waals surface area contributed by atoms with Crippen molar-refractivity contribution in [1.82, 2.24) is 4.72 Å². The van der Waals surface area contributed by atoms with Crippen LogP contribution in [0, 0.1) is 18.3 Å². The van der Waals surface area contributed by atoms with Gasteiger partial charge in [-0.3, -0.25) is 0 Å². The monoisotopic (exact) mass is 280 g/mol. The average molecular weight is 280 g/mol. The molecule has 2 atom stereocenters. The van der Waals surface area contributed by atoms with Gasteiger partial charge in [0.05, 0.1) is 28.7 Å². The maximum atomic E-state index is 12.3. The standard InChI is InChI=1S/C13H16N2O3S/c1-9-7-11(8-14)3-4-13(9)19(16,17)15-12-5-6-18-10(12)2/h3-4,7,10,12,15H,5-6H2,1-2H3. The van der Waals surface area contributed by atoms with E-state index in [1.165, 1.54) is 12.1 Å². The smallest absolute Gasteiger partial charge is 0.241 e. The Morgan fingerprint density at radius 2 is 2.21 bits per heavy atom. The van der Waals surface area contributed by atoms with E-state index in [1.54, 1.807) is 13.0 Å². The molecule has 0 amide bonds. The molecule has 6 heteroatoms. The normalized spacial score (nSPS) is 23.2. The van der Waals surface area contributed by atoms with E-state index in [0.29, 0.717) is 24.2 Å². The van der Waals surface area contributed by atoms with E-state index in [1.807, 2.05) is 13.0 Å². The van der Waals surface area contributed by atoms with E-state index in [9.17, 15) is 8.42 Å². The van der Waals surface area contributed by atoms with Crippen molar-refractivity contribution in [3.63, 3.8) is 0 Å². The zero-order valence-corrected chi connectivity index (χ0v) is 11.7. The molecule has 0 bridgehead atoms. The molecule has 1 saturated heterocycles. The second-order valence-corrected chi connectivity index (χ2v) is 6.37. The minimum atomic E-state index is -3.57. The van der Waals surface area contributed by atoms with Gasteiger partial charge in [-0.1, -0.05) is 0 Å². The second-order valence-electron chi connectivity index (χ2n) is 4.68. The van der Waals surface area contributed by atoms with Gasteiger partial charge in [0.15, 0.2) is 0 Å². The highest BCUT2D eigenvalue weighted by molar-refractivity contribution is 7.89. The van der Waals surface area contributed by atoms with Gasteiger partial charge in [0.1, 0.15) is 0 Å². The molecule has 5 nitrogen and oxygen atoms in total. The van der Waals surface area contributed by atoms with Crippen molar-refractivity contribution in [2.45, 2.75) is 37.3 Å². The molecule has 0 spiro atoms. The zero-order valence-electron chi connectivity index (χ0n) is 10.9. The van der Waals surface area contributed by atoms with Crippen LogP contribution in [-0.2, 0) is 14.8 Å². The van der Waals surface area contributed by atoms with Gasteiger partial charge in [-0.05, 0) is 44.0 Å². The number of ether oxygens (including phenoxy) is 1. The van der Waals surface area contributed by atoms with Crippen LogP contribution >= 0.6 is 0 Å². The Morgan fingerprint density at radius 1 is 1.47 bits per heavy atom. The van der Waals surface area contributed by atoms with Gasteiger partial charge < -0.3 is 4.74 Å². The summed E-state index contributed by atoms with van der Waals surface area (Å²) in [5.74, 6) is 0. The van der Waals surface area contributed by atoms with Crippen LogP contribution in [0.2, 0.25) is 0 Å². The summed E-state index contributed by atoms with van der Waals surface area (Å²) in [6.45, 7) is 4.11. The molecule has 0 aromatic heterocycles. The van der Waals surface area contributed by atoms with Gasteiger partial charge in [-0.15, -0.1) is 0 Å². The van der Waals surface area contributed by atoms with Crippen LogP contribution in [0.4, 0.5) is 0 Å². The second kappa shape index (κ2) is 5.29. The molecule has 1 N–H and O–H groups in total. The van der Waals surface area contributed by atoms with E-state index in [0.717, 1.165) is 0 Å². The number of nitriles is 1. The zero-order chi connectivity index (χ0) is 14.0. The summed E-state index contributed by atoms with van der Waals surface area (Å²) in [5.41, 5.74) is 1.02. The quantitative estimate of drug-likeness (QED) is 0.905. The Labute approximate surface area is 113 Å². The molecule has 1 aromatic rings. The van der Waals surface area contributed by atoms with Crippen LogP contribution in [0.15, 0.2) is 23.1 Å². The molecule has 0 radical (unpaired) electrons. The lowest BCUT2D eigenvalue weighted by Gasteiger charge is -2.17. The summed E-state index contributed by atoms with van der Waals surface area (Å²) in [7, 11) is -3.57. The predicted molar refractivity (Wildman–Crippen MR) is 70.0 cm³/mol. The highest BCUT2D eigenvalue weighted by Gasteiger charge is 2.29. The first-order valence-corrected chi connectivity index (χ1v) is 7.57. The molecule has 0 aliphatic carbocycles. The molecule has 1 aliphatic heterocycles. The Morgan fingerprint density at radius 3 is 2.74 bits per heavy atom. The highest BCUT2D eigenvalue weighted by atomic mass is 32.2. The SMILES string of the molecule is Cc1cc(C#N)ccc1S(=O)(=O)NC1CCOC1C. The molecular formula is C13H16N2O3S. The van der Waals surface area contributed by atoms with Crippen molar-refractivity contribution in [2.75, 3.05) is 6.61 Å². The van der Waals surface area contributed by atoms with Crippen LogP contribution in [0.3, 0.4) is 0 Å². The molecule has 1 aliphatic rings. The third-order valence-corrected chi connectivity index (χ3v) is 4.93. The van der Waals surface area contributed by atoms with Gasteiger partial charge in [0.25, 0.3) is 0 Å². The summed E-state index contributed by atoms with van der Waals surface area (Å²) in [6.07, 6.45) is 0.559. The lowest BCUT2D eigenvalue weighted by molar-refractivity contribution is 0.117. The molecule has 2 rings (SSSR count). The lowest BCUT2D eigenvalue weighted by atomic mass is 10.2. The van der Waals surface area contributed by atoms with E-state index in [2.05, 4.69) is 4.72 Å². The number of benzene rings is 1. The number of aryl methyl sites for hydroxylation is 1. The summed E-state index contributed by atoms with van der Waals surface area (Å²) in [6, 6.07) is 6.35. The molecule has 102 valence electrons. The first-order chi connectivity index (χ1) is 8.94. The van der Waals surface area contributed by atoms with Gasteiger partial charge in [-0.2, -0.15) is 5.26 Å². The van der Waals surface area contributed by atoms with Crippen LogP contribution in [-0.4, -0.2) is 27.2 Å². The van der Waals surface area contributed by atoms with E-state index >= 15 is 0 Å². The largest absolute Gasteiger partial charge is 0.377 e. The Kier molecular flexibility index (Phi) is 3.90. The van der Waals surface area contributed by atoms with Crippen molar-refractivity contribution in [3.8, 4) is 6.07 Å². The first-order valence-electron chi connectivity index (χ1n) is 6.09. The molecule has 2 unspecified atom stereocenters. The van der Waals surface area contributed by atoms with Gasteiger partial charge in [-0.25, -0.2) is 13.1 Å². The minimum Gasteiger partial charge on any atom is -0.377 e. The van der Waals surface area contributed by atoms with Crippen molar-refractivity contribution in [3.05, 3.63) is 29.3 Å². The molecule has 1 heterocycles. The van der Waals surface area contributed by atoms with Crippen molar-refractivity contribution >= 4 is 10.0 Å². The summed E-state index contributed by atoms with van der Waals surface area (Å²) < 4.78 is 32.6. The maximum absolute atomic E-state index is 12.3. The third kappa shape index (κ3) is 2.95. The number of rotatable bonds is 3. The fraction of sp³-hybridized carbons (Fsp3) is 0.462. The molecular weight excluding hydrogens is 264 g/mol. The number of hydrogen-bond donors (Lipinski definition) is 1. The Bertz CT molecular complexity index is 619. The van der Waals surface area contributed by atoms with E-state index in [4.69, 9.17) is 10.00 Å². The van der Waals surface area contributed by atoms with Crippen LogP contribution < -0.4 is 4.72 Å². The Hall–Kier alpha value is -1.42. The van der Waals surface area contributed by atoms with Crippen LogP contribution in [0.5, 0.6) is 0 Å². The fourth-order valence-corrected chi connectivity index (χ4v) is 3.73. The van der Waals surface area contributed by atoms with Gasteiger partial charge >= 0.3 is 0 Å². The number of nitrogens with zero attached hydrogens (tertiary/aromatic N) is 1. The lowest BCUT2D eigenvalue weighted by Crippen LogP contribution is -2.39. The van der Waals surface area contributed by atoms with Crippen LogP contribution in [0.1, 0.15) is 24.5 Å². The molecule has 19 heavy (non-hydrogen) atoms.